The zero-order chi connectivity index (χ0) is 10.0. The normalized spacial score (nSPS) is 44.1. The highest BCUT2D eigenvalue weighted by molar-refractivity contribution is 9.09. The smallest absolute Gasteiger partial charge is 0.0733 e. The molecule has 1 spiro atoms. The third kappa shape index (κ3) is 2.31. The Morgan fingerprint density at radius 2 is 2.29 bits per heavy atom. The fourth-order valence-electron chi connectivity index (χ4n) is 2.70. The summed E-state index contributed by atoms with van der Waals surface area (Å²) in [4.78, 5) is 0. The van der Waals surface area contributed by atoms with Gasteiger partial charge in [-0.25, -0.2) is 0 Å². The summed E-state index contributed by atoms with van der Waals surface area (Å²) in [6.07, 6.45) is 6.71. The molecule has 2 saturated heterocycles. The van der Waals surface area contributed by atoms with Crippen LogP contribution in [0.3, 0.4) is 0 Å². The Bertz CT molecular complexity index is 194. The first kappa shape index (κ1) is 10.9. The van der Waals surface area contributed by atoms with Crippen LogP contribution in [-0.2, 0) is 9.47 Å². The maximum atomic E-state index is 6.21. The van der Waals surface area contributed by atoms with Crippen molar-refractivity contribution in [1.29, 1.82) is 0 Å². The molecule has 0 amide bonds. The van der Waals surface area contributed by atoms with E-state index in [1.54, 1.807) is 0 Å². The highest BCUT2D eigenvalue weighted by Crippen LogP contribution is 2.38. The van der Waals surface area contributed by atoms with Crippen LogP contribution in [0, 0.1) is 0 Å². The van der Waals surface area contributed by atoms with Crippen LogP contribution in [0.15, 0.2) is 0 Å². The van der Waals surface area contributed by atoms with Crippen LogP contribution < -0.4 is 0 Å². The van der Waals surface area contributed by atoms with Crippen molar-refractivity contribution in [1.82, 2.24) is 0 Å². The van der Waals surface area contributed by atoms with Crippen molar-refractivity contribution in [2.24, 2.45) is 0 Å². The number of rotatable bonds is 1. The second-order valence-corrected chi connectivity index (χ2v) is 5.25. The molecule has 0 radical (unpaired) electrons. The van der Waals surface area contributed by atoms with Crippen molar-refractivity contribution in [2.75, 3.05) is 11.9 Å². The minimum atomic E-state index is 0.147. The Morgan fingerprint density at radius 1 is 1.43 bits per heavy atom. The van der Waals surface area contributed by atoms with E-state index in [1.165, 1.54) is 19.3 Å². The molecule has 14 heavy (non-hydrogen) atoms. The molecule has 2 aliphatic rings. The van der Waals surface area contributed by atoms with E-state index in [0.29, 0.717) is 12.2 Å². The third-order valence-corrected chi connectivity index (χ3v) is 4.09. The van der Waals surface area contributed by atoms with Gasteiger partial charge in [0, 0.05) is 18.4 Å². The molecule has 2 rings (SSSR count). The van der Waals surface area contributed by atoms with Gasteiger partial charge in [0.15, 0.2) is 0 Å². The maximum Gasteiger partial charge on any atom is 0.0733 e. The number of hydrogen-bond acceptors (Lipinski definition) is 2. The second-order valence-electron chi connectivity index (χ2n) is 4.60. The molecular formula is C11H19BrO2. The van der Waals surface area contributed by atoms with Crippen LogP contribution in [0.5, 0.6) is 0 Å². The second kappa shape index (κ2) is 4.50. The lowest BCUT2D eigenvalue weighted by Gasteiger charge is -2.45. The lowest BCUT2D eigenvalue weighted by molar-refractivity contribution is -0.177. The van der Waals surface area contributed by atoms with Crippen molar-refractivity contribution >= 4 is 15.9 Å². The van der Waals surface area contributed by atoms with E-state index < -0.39 is 0 Å². The lowest BCUT2D eigenvalue weighted by atomic mass is 9.83. The summed E-state index contributed by atoms with van der Waals surface area (Å²) < 4.78 is 11.8. The molecule has 2 aliphatic heterocycles. The van der Waals surface area contributed by atoms with E-state index in [0.717, 1.165) is 24.8 Å². The van der Waals surface area contributed by atoms with E-state index in [9.17, 15) is 0 Å². The highest BCUT2D eigenvalue weighted by atomic mass is 79.9. The maximum absolute atomic E-state index is 6.21. The highest BCUT2D eigenvalue weighted by Gasteiger charge is 2.40. The van der Waals surface area contributed by atoms with Gasteiger partial charge in [0.25, 0.3) is 0 Å². The molecule has 3 heteroatoms. The largest absolute Gasteiger partial charge is 0.378 e. The van der Waals surface area contributed by atoms with Crippen molar-refractivity contribution in [3.05, 3.63) is 0 Å². The Kier molecular flexibility index (Phi) is 3.50. The first-order chi connectivity index (χ1) is 6.74. The quantitative estimate of drug-likeness (QED) is 0.677. The van der Waals surface area contributed by atoms with E-state index in [4.69, 9.17) is 9.47 Å². The van der Waals surface area contributed by atoms with Gasteiger partial charge in [0.05, 0.1) is 17.8 Å². The Labute approximate surface area is 94.5 Å². The van der Waals surface area contributed by atoms with Gasteiger partial charge >= 0.3 is 0 Å². The Balaban J connectivity index is 1.99. The molecule has 3 atom stereocenters. The van der Waals surface area contributed by atoms with Crippen LogP contribution in [0.4, 0.5) is 0 Å². The van der Waals surface area contributed by atoms with Gasteiger partial charge in [-0.3, -0.25) is 0 Å². The summed E-state index contributed by atoms with van der Waals surface area (Å²) in [5.74, 6) is 0. The van der Waals surface area contributed by atoms with Gasteiger partial charge in [-0.2, -0.15) is 0 Å². The first-order valence-electron chi connectivity index (χ1n) is 5.59. The number of alkyl halides is 1. The number of hydrogen-bond donors (Lipinski definition) is 0. The average molecular weight is 263 g/mol. The van der Waals surface area contributed by atoms with E-state index in [-0.39, 0.29) is 5.60 Å². The van der Waals surface area contributed by atoms with Gasteiger partial charge in [-0.1, -0.05) is 15.9 Å². The molecule has 82 valence electrons. The monoisotopic (exact) mass is 262 g/mol. The summed E-state index contributed by atoms with van der Waals surface area (Å²) in [6.45, 7) is 3.03. The van der Waals surface area contributed by atoms with Crippen molar-refractivity contribution in [3.63, 3.8) is 0 Å². The standard InChI is InChI=1S/C11H19BrO2/c1-9-7-11(5-6-13-9)4-2-3-10(8-12)14-11/h9-10H,2-8H2,1H3. The van der Waals surface area contributed by atoms with Crippen LogP contribution in [0.1, 0.15) is 39.0 Å². The number of ether oxygens (including phenoxy) is 2. The molecule has 2 nitrogen and oxygen atoms in total. The lowest BCUT2D eigenvalue weighted by Crippen LogP contribution is -2.47. The van der Waals surface area contributed by atoms with Gasteiger partial charge in [0.1, 0.15) is 0 Å². The van der Waals surface area contributed by atoms with Crippen molar-refractivity contribution in [3.8, 4) is 0 Å². The van der Waals surface area contributed by atoms with Gasteiger partial charge in [-0.05, 0) is 32.6 Å². The fourth-order valence-corrected chi connectivity index (χ4v) is 3.15. The number of halogens is 1. The topological polar surface area (TPSA) is 18.5 Å². The molecule has 0 saturated carbocycles. The van der Waals surface area contributed by atoms with Crippen molar-refractivity contribution < 1.29 is 9.47 Å². The summed E-state index contributed by atoms with van der Waals surface area (Å²) >= 11 is 3.52. The molecule has 0 bridgehead atoms. The predicted molar refractivity (Wildman–Crippen MR) is 59.9 cm³/mol. The van der Waals surface area contributed by atoms with Crippen LogP contribution in [-0.4, -0.2) is 29.7 Å². The average Bonchev–Trinajstić information content (AvgIpc) is 2.17. The van der Waals surface area contributed by atoms with E-state index >= 15 is 0 Å². The molecule has 0 aromatic heterocycles. The van der Waals surface area contributed by atoms with Gasteiger partial charge in [-0.15, -0.1) is 0 Å². The fraction of sp³-hybridized carbons (Fsp3) is 1.00. The summed E-state index contributed by atoms with van der Waals surface area (Å²) in [6, 6.07) is 0. The molecule has 0 aliphatic carbocycles. The summed E-state index contributed by atoms with van der Waals surface area (Å²) in [5, 5.41) is 0.976. The van der Waals surface area contributed by atoms with Gasteiger partial charge in [0.2, 0.25) is 0 Å². The van der Waals surface area contributed by atoms with Crippen molar-refractivity contribution in [2.45, 2.75) is 56.8 Å². The summed E-state index contributed by atoms with van der Waals surface area (Å²) in [5.41, 5.74) is 0.147. The molecule has 0 aromatic carbocycles. The zero-order valence-corrected chi connectivity index (χ0v) is 10.4. The molecule has 0 aromatic rings. The molecule has 0 N–H and O–H groups in total. The summed E-state index contributed by atoms with van der Waals surface area (Å²) in [7, 11) is 0. The van der Waals surface area contributed by atoms with Crippen LogP contribution in [0.2, 0.25) is 0 Å². The minimum absolute atomic E-state index is 0.147. The van der Waals surface area contributed by atoms with Crippen LogP contribution >= 0.6 is 15.9 Å². The van der Waals surface area contributed by atoms with E-state index in [1.807, 2.05) is 0 Å². The van der Waals surface area contributed by atoms with Crippen LogP contribution in [0.25, 0.3) is 0 Å². The minimum Gasteiger partial charge on any atom is -0.378 e. The predicted octanol–water partition coefficient (Wildman–Crippen LogP) is 2.89. The molecule has 2 fully saturated rings. The molecule has 2 heterocycles. The van der Waals surface area contributed by atoms with Gasteiger partial charge < -0.3 is 9.47 Å². The zero-order valence-electron chi connectivity index (χ0n) is 8.80. The van der Waals surface area contributed by atoms with E-state index in [2.05, 4.69) is 22.9 Å². The molecule has 3 unspecified atom stereocenters. The molecular weight excluding hydrogens is 244 g/mol. The third-order valence-electron chi connectivity index (χ3n) is 3.37. The Morgan fingerprint density at radius 3 is 3.00 bits per heavy atom. The first-order valence-corrected chi connectivity index (χ1v) is 6.72. The Hall–Kier alpha value is 0.400. The SMILES string of the molecule is CC1CC2(CCCC(CBr)O2)CCO1.